The quantitative estimate of drug-likeness (QED) is 0.0334. The van der Waals surface area contributed by atoms with E-state index < -0.39 is 38.0 Å². The molecule has 2 aromatic heterocycles. The Morgan fingerprint density at radius 2 is 1.12 bits per heavy atom. The highest BCUT2D eigenvalue weighted by Crippen LogP contribution is 2.47. The number of nitrogens with two attached hydrogens (primary N) is 1. The number of benzene rings is 4. The predicted molar refractivity (Wildman–Crippen MR) is 329 cm³/mol. The van der Waals surface area contributed by atoms with Gasteiger partial charge >= 0.3 is 0 Å². The van der Waals surface area contributed by atoms with Crippen LogP contribution in [-0.2, 0) is 50.8 Å². The second-order valence-electron chi connectivity index (χ2n) is 25.4. The van der Waals surface area contributed by atoms with Crippen LogP contribution in [0.2, 0.25) is 0 Å². The Morgan fingerprint density at radius 1 is 0.663 bits per heavy atom. The number of aliphatic hydroxyl groups excluding tert-OH is 1. The monoisotopic (exact) mass is 1200 g/mol. The zero-order valence-corrected chi connectivity index (χ0v) is 51.4. The summed E-state index contributed by atoms with van der Waals surface area (Å²) in [6, 6.07) is 22.5. The van der Waals surface area contributed by atoms with Gasteiger partial charge in [-0.1, -0.05) is 24.3 Å². The number of carbonyl (C=O) groups excluding carboxylic acids is 2. The minimum absolute atomic E-state index is 0.0484. The Kier molecular flexibility index (Phi) is 18.4. The van der Waals surface area contributed by atoms with Crippen LogP contribution in [0.4, 0.5) is 8.78 Å². The van der Waals surface area contributed by atoms with Crippen molar-refractivity contribution in [3.05, 3.63) is 165 Å². The van der Waals surface area contributed by atoms with E-state index in [1.807, 2.05) is 91.8 Å². The highest BCUT2D eigenvalue weighted by atomic mass is 32.2. The maximum Gasteiger partial charge on any atom is 0.163 e. The molecule has 0 amide bonds. The topological polar surface area (TPSA) is 222 Å². The third-order valence-electron chi connectivity index (χ3n) is 15.7. The molecule has 0 spiro atoms. The molecule has 2 aliphatic heterocycles. The number of pyridine rings is 2. The Balaban J connectivity index is 0.000000211. The number of hydrogen-bond donors (Lipinski definition) is 5. The molecule has 6 aromatic rings. The van der Waals surface area contributed by atoms with Gasteiger partial charge in [0.2, 0.25) is 0 Å². The average molecular weight is 1200 g/mol. The molecule has 15 nitrogen and oxygen atoms in total. The molecule has 2 aliphatic carbocycles. The summed E-state index contributed by atoms with van der Waals surface area (Å²) in [5, 5.41) is 32.5. The first kappa shape index (κ1) is 63.5. The van der Waals surface area contributed by atoms with Crippen LogP contribution < -0.4 is 29.4 Å². The second kappa shape index (κ2) is 25.0. The van der Waals surface area contributed by atoms with Crippen LogP contribution in [0.1, 0.15) is 160 Å². The zero-order chi connectivity index (χ0) is 62.1. The number of halogens is 2. The number of nitrogens with zero attached hydrogens (tertiary/aromatic N) is 2. The van der Waals surface area contributed by atoms with Crippen LogP contribution >= 0.6 is 0 Å². The van der Waals surface area contributed by atoms with Crippen molar-refractivity contribution < 1.29 is 61.6 Å². The van der Waals surface area contributed by atoms with E-state index in [9.17, 15) is 32.8 Å². The molecule has 18 heteroatoms. The Hall–Kier alpha value is -7.03. The summed E-state index contributed by atoms with van der Waals surface area (Å²) in [4.78, 5) is 36.4. The van der Waals surface area contributed by atoms with Crippen LogP contribution in [0.25, 0.3) is 34.7 Å². The molecule has 6 N–H and O–H groups in total. The lowest BCUT2D eigenvalue weighted by Crippen LogP contribution is -2.47. The number of hydrogen-bond acceptors (Lipinski definition) is 14. The summed E-state index contributed by atoms with van der Waals surface area (Å²) in [7, 11) is -1.43. The van der Waals surface area contributed by atoms with Gasteiger partial charge < -0.3 is 44.7 Å². The molecule has 4 heterocycles. The highest BCUT2D eigenvalue weighted by molar-refractivity contribution is 7.84. The minimum Gasteiger partial charge on any atom is -0.491 e. The second-order valence-corrected chi connectivity index (χ2v) is 27.3. The van der Waals surface area contributed by atoms with Gasteiger partial charge in [0.05, 0.1) is 57.0 Å². The standard InChI is InChI=1S/C38H47FN2O6S.C30H31FN2O5/c1-35(2,3)47-19-18-45-31-21-26(20-25-10-9-11-28(25)31)30(42)16-17-38(8,43)32-22-29-34(33(40-32)24-12-14-27(39)15-13-24)46-23-37(29,7)41-48(44)36(4,5)6;1-29(32)17-38-28-23(29)16-26(33-27(28)18-6-8-21(31)9-7-18)30(2,36)11-10-24(35)20-14-19-4-3-5-22(19)25(15-20)37-13-12-34/h9-10,12-15,20-22,41,43H,11,16-19,23H2,1-8H3;3-4,6-9,14-16,34,36H,5,10-13,17,32H2,1-2H3/t37-,38-,48?;29-,30-/m11/s1. The van der Waals surface area contributed by atoms with Gasteiger partial charge in [-0.25, -0.2) is 27.7 Å². The van der Waals surface area contributed by atoms with Gasteiger partial charge in [-0.15, -0.1) is 0 Å². The maximum absolute atomic E-state index is 13.9. The van der Waals surface area contributed by atoms with Gasteiger partial charge in [-0.3, -0.25) is 9.59 Å². The van der Waals surface area contributed by atoms with Crippen molar-refractivity contribution in [2.75, 3.05) is 39.6 Å². The summed E-state index contributed by atoms with van der Waals surface area (Å²) in [6.07, 6.45) is 9.75. The fourth-order valence-electron chi connectivity index (χ4n) is 10.6. The van der Waals surface area contributed by atoms with E-state index in [4.69, 9.17) is 44.5 Å². The van der Waals surface area contributed by atoms with Gasteiger partial charge in [0.1, 0.15) is 72.2 Å². The molecule has 0 bridgehead atoms. The van der Waals surface area contributed by atoms with Gasteiger partial charge in [0.15, 0.2) is 23.1 Å². The number of nitrogens with one attached hydrogen (secondary N) is 1. The minimum atomic E-state index is -1.52. The molecule has 86 heavy (non-hydrogen) atoms. The molecule has 0 saturated heterocycles. The molecule has 1 unspecified atom stereocenters. The Bertz CT molecular complexity index is 3620. The normalized spacial score (nSPS) is 19.0. The summed E-state index contributed by atoms with van der Waals surface area (Å²) in [6.45, 7) is 19.8. The van der Waals surface area contributed by atoms with Crippen molar-refractivity contribution in [1.29, 1.82) is 0 Å². The van der Waals surface area contributed by atoms with Crippen LogP contribution in [0, 0.1) is 11.6 Å². The van der Waals surface area contributed by atoms with Crippen molar-refractivity contribution in [3.8, 4) is 45.5 Å². The number of fused-ring (bicyclic) bond motifs is 4. The number of ketones is 2. The molecule has 0 fully saturated rings. The molecule has 10 rings (SSSR count). The lowest BCUT2D eigenvalue weighted by atomic mass is 9.87. The third kappa shape index (κ3) is 14.3. The van der Waals surface area contributed by atoms with Crippen molar-refractivity contribution in [3.63, 3.8) is 0 Å². The van der Waals surface area contributed by atoms with Gasteiger partial charge in [-0.05, 0) is 191 Å². The van der Waals surface area contributed by atoms with Crippen LogP contribution in [-0.4, -0.2) is 91.1 Å². The molecular formula is C68H78F2N4O11S. The van der Waals surface area contributed by atoms with E-state index in [1.54, 1.807) is 62.4 Å². The summed E-state index contributed by atoms with van der Waals surface area (Å²) >= 11 is 0. The SMILES string of the molecule is CC(C)(C)OCCOc1cc(C(=O)CC[C@@](C)(O)c2cc3c(c(-c4ccc(F)cc4)n2)OC[C@@]3(C)NS(=O)C(C)(C)C)cc2c1CC=C2.C[C@@]1(N)COc2c1cc([C@](C)(O)CCC(=O)c1cc3c(c(OCCO)c1)CC=C3)nc2-c1ccc(F)cc1. The molecule has 4 aromatic carbocycles. The van der Waals surface area contributed by atoms with Crippen molar-refractivity contribution in [1.82, 2.24) is 14.7 Å². The maximum atomic E-state index is 13.9. The van der Waals surface area contributed by atoms with Crippen LogP contribution in [0.5, 0.6) is 23.0 Å². The molecule has 5 atom stereocenters. The van der Waals surface area contributed by atoms with Gasteiger partial charge in [0, 0.05) is 57.3 Å². The molecule has 4 aliphatic rings. The number of aliphatic hydroxyl groups is 3. The number of aromatic nitrogens is 2. The smallest absolute Gasteiger partial charge is 0.163 e. The number of allylic oxidation sites excluding steroid dienone is 2. The number of ether oxygens (including phenoxy) is 5. The third-order valence-corrected chi connectivity index (χ3v) is 17.4. The Morgan fingerprint density at radius 3 is 1.58 bits per heavy atom. The van der Waals surface area contributed by atoms with E-state index in [0.29, 0.717) is 98.8 Å². The molecule has 456 valence electrons. The summed E-state index contributed by atoms with van der Waals surface area (Å²) < 4.78 is 73.0. The summed E-state index contributed by atoms with van der Waals surface area (Å²) in [5.41, 5.74) is 10.7. The number of carbonyl (C=O) groups is 2. The zero-order valence-electron chi connectivity index (χ0n) is 50.6. The molecule has 0 radical (unpaired) electrons. The first-order valence-corrected chi connectivity index (χ1v) is 30.2. The van der Waals surface area contributed by atoms with E-state index in [0.717, 1.165) is 28.7 Å². The number of Topliss-reactive ketones (excluding diaryl/α,β-unsaturated/α-hetero) is 2. The van der Waals surface area contributed by atoms with E-state index >= 15 is 0 Å². The van der Waals surface area contributed by atoms with Gasteiger partial charge in [-0.2, -0.15) is 0 Å². The summed E-state index contributed by atoms with van der Waals surface area (Å²) in [5.74, 6) is 1.20. The first-order chi connectivity index (χ1) is 40.4. The fourth-order valence-corrected chi connectivity index (χ4v) is 11.4. The van der Waals surface area contributed by atoms with Crippen LogP contribution in [0.3, 0.4) is 0 Å². The van der Waals surface area contributed by atoms with E-state index in [1.165, 1.54) is 24.3 Å². The fraction of sp³-hybridized carbons (Fsp3) is 0.412. The average Bonchev–Trinajstić information content (AvgIpc) is 1.80. The van der Waals surface area contributed by atoms with E-state index in [2.05, 4.69) is 4.72 Å². The van der Waals surface area contributed by atoms with E-state index in [-0.39, 0.29) is 80.9 Å². The van der Waals surface area contributed by atoms with Crippen molar-refractivity contribution in [2.24, 2.45) is 5.73 Å². The Labute approximate surface area is 504 Å². The van der Waals surface area contributed by atoms with Crippen molar-refractivity contribution >= 4 is 34.7 Å². The highest BCUT2D eigenvalue weighted by Gasteiger charge is 2.44. The lowest BCUT2D eigenvalue weighted by molar-refractivity contribution is -0.0163. The largest absolute Gasteiger partial charge is 0.491 e. The first-order valence-electron chi connectivity index (χ1n) is 29.0. The number of rotatable bonds is 21. The lowest BCUT2D eigenvalue weighted by Gasteiger charge is -2.30. The van der Waals surface area contributed by atoms with Gasteiger partial charge in [0.25, 0.3) is 0 Å². The predicted octanol–water partition coefficient (Wildman–Crippen LogP) is 11.4. The molecule has 0 saturated carbocycles. The van der Waals surface area contributed by atoms with Crippen LogP contribution in [0.15, 0.2) is 97.1 Å². The molecular weight excluding hydrogens is 1120 g/mol. The van der Waals surface area contributed by atoms with Crippen molar-refractivity contribution in [2.45, 2.75) is 140 Å².